The highest BCUT2D eigenvalue weighted by Crippen LogP contribution is 2.14. The zero-order valence-electron chi connectivity index (χ0n) is 11.6. The number of hydrogen-bond acceptors (Lipinski definition) is 2. The first-order chi connectivity index (χ1) is 8.71. The molecule has 0 saturated heterocycles. The van der Waals surface area contributed by atoms with E-state index in [9.17, 15) is 4.79 Å². The van der Waals surface area contributed by atoms with Gasteiger partial charge in [0, 0.05) is 13.1 Å². The van der Waals surface area contributed by atoms with Gasteiger partial charge in [-0.05, 0) is 30.5 Å². The van der Waals surface area contributed by atoms with Gasteiger partial charge in [-0.2, -0.15) is 0 Å². The highest BCUT2D eigenvalue weighted by atomic mass is 16.5. The Morgan fingerprint density at radius 1 is 1.22 bits per heavy atom. The summed E-state index contributed by atoms with van der Waals surface area (Å²) < 4.78 is 5.17. The molecule has 18 heavy (non-hydrogen) atoms. The molecule has 100 valence electrons. The second-order valence-corrected chi connectivity index (χ2v) is 4.41. The molecule has 0 spiro atoms. The lowest BCUT2D eigenvalue weighted by Crippen LogP contribution is -2.33. The van der Waals surface area contributed by atoms with Crippen molar-refractivity contribution >= 4 is 5.91 Å². The number of benzene rings is 1. The monoisotopic (exact) mass is 249 g/mol. The van der Waals surface area contributed by atoms with Crippen LogP contribution < -0.4 is 4.74 Å². The summed E-state index contributed by atoms with van der Waals surface area (Å²) in [5.41, 5.74) is 1.01. The Kier molecular flexibility index (Phi) is 6.26. The van der Waals surface area contributed by atoms with Gasteiger partial charge in [-0.3, -0.25) is 4.79 Å². The molecule has 3 heteroatoms. The average molecular weight is 249 g/mol. The predicted molar refractivity (Wildman–Crippen MR) is 73.9 cm³/mol. The van der Waals surface area contributed by atoms with Gasteiger partial charge in [-0.15, -0.1) is 0 Å². The Balaban J connectivity index is 2.66. The minimum Gasteiger partial charge on any atom is -0.497 e. The van der Waals surface area contributed by atoms with Crippen LogP contribution in [-0.2, 0) is 11.2 Å². The summed E-state index contributed by atoms with van der Waals surface area (Å²) >= 11 is 0. The fourth-order valence-electron chi connectivity index (χ4n) is 1.97. The maximum absolute atomic E-state index is 12.2. The van der Waals surface area contributed by atoms with Crippen molar-refractivity contribution in [3.05, 3.63) is 29.8 Å². The molecule has 0 atom stereocenters. The van der Waals surface area contributed by atoms with Gasteiger partial charge in [-0.25, -0.2) is 0 Å². The van der Waals surface area contributed by atoms with Gasteiger partial charge in [0.05, 0.1) is 13.5 Å². The predicted octanol–water partition coefficient (Wildman–Crippen LogP) is 2.89. The van der Waals surface area contributed by atoms with Crippen molar-refractivity contribution in [1.82, 2.24) is 4.90 Å². The average Bonchev–Trinajstić information content (AvgIpc) is 2.38. The van der Waals surface area contributed by atoms with E-state index in [0.29, 0.717) is 6.42 Å². The number of methoxy groups -OCH3 is 1. The first-order valence-corrected chi connectivity index (χ1v) is 6.62. The van der Waals surface area contributed by atoms with E-state index >= 15 is 0 Å². The molecule has 0 radical (unpaired) electrons. The first-order valence-electron chi connectivity index (χ1n) is 6.62. The van der Waals surface area contributed by atoms with Crippen LogP contribution in [0.4, 0.5) is 0 Å². The van der Waals surface area contributed by atoms with Gasteiger partial charge in [0.15, 0.2) is 0 Å². The molecule has 1 aromatic carbocycles. The van der Waals surface area contributed by atoms with Gasteiger partial charge >= 0.3 is 0 Å². The number of carbonyl (C=O) groups is 1. The molecule has 0 heterocycles. The number of rotatable bonds is 7. The molecule has 1 aromatic rings. The Morgan fingerprint density at radius 2 is 1.89 bits per heavy atom. The van der Waals surface area contributed by atoms with E-state index < -0.39 is 0 Å². The molecule has 1 amide bonds. The highest BCUT2D eigenvalue weighted by Gasteiger charge is 2.12. The topological polar surface area (TPSA) is 29.5 Å². The first kappa shape index (κ1) is 14.6. The molecule has 0 aliphatic rings. The van der Waals surface area contributed by atoms with E-state index in [2.05, 4.69) is 13.8 Å². The smallest absolute Gasteiger partial charge is 0.226 e. The Morgan fingerprint density at radius 3 is 2.44 bits per heavy atom. The summed E-state index contributed by atoms with van der Waals surface area (Å²) in [6, 6.07) is 7.71. The lowest BCUT2D eigenvalue weighted by atomic mass is 10.1. The maximum atomic E-state index is 12.2. The molecular weight excluding hydrogens is 226 g/mol. The Labute approximate surface area is 110 Å². The van der Waals surface area contributed by atoms with E-state index in [4.69, 9.17) is 4.74 Å². The second kappa shape index (κ2) is 7.75. The molecule has 0 unspecified atom stereocenters. The number of nitrogens with zero attached hydrogens (tertiary/aromatic N) is 1. The van der Waals surface area contributed by atoms with Crippen molar-refractivity contribution < 1.29 is 9.53 Å². The van der Waals surface area contributed by atoms with Gasteiger partial charge in [0.25, 0.3) is 0 Å². The van der Waals surface area contributed by atoms with Crippen molar-refractivity contribution in [2.24, 2.45) is 0 Å². The molecule has 0 saturated carbocycles. The van der Waals surface area contributed by atoms with Crippen LogP contribution in [0.15, 0.2) is 24.3 Å². The minimum atomic E-state index is 0.201. The Hall–Kier alpha value is -1.51. The molecular formula is C15H23NO2. The standard InChI is InChI=1S/C15H23NO2/c1-4-9-16(10-5-2)15(17)12-13-7-6-8-14(11-13)18-3/h6-8,11H,4-5,9-10,12H2,1-3H3. The number of ether oxygens (including phenoxy) is 1. The fourth-order valence-corrected chi connectivity index (χ4v) is 1.97. The molecule has 1 rings (SSSR count). The number of carbonyl (C=O) groups excluding carboxylic acids is 1. The zero-order chi connectivity index (χ0) is 13.4. The van der Waals surface area contributed by atoms with E-state index in [1.54, 1.807) is 7.11 Å². The third-order valence-electron chi connectivity index (χ3n) is 2.83. The minimum absolute atomic E-state index is 0.201. The van der Waals surface area contributed by atoms with Crippen molar-refractivity contribution in [2.45, 2.75) is 33.1 Å². The molecule has 3 nitrogen and oxygen atoms in total. The highest BCUT2D eigenvalue weighted by molar-refractivity contribution is 5.78. The van der Waals surface area contributed by atoms with Crippen LogP contribution in [0.1, 0.15) is 32.3 Å². The van der Waals surface area contributed by atoms with E-state index in [1.807, 2.05) is 29.2 Å². The number of amides is 1. The summed E-state index contributed by atoms with van der Waals surface area (Å²) in [5.74, 6) is 1.00. The van der Waals surface area contributed by atoms with Crippen molar-refractivity contribution in [2.75, 3.05) is 20.2 Å². The Bertz CT molecular complexity index is 371. The van der Waals surface area contributed by atoms with Crippen molar-refractivity contribution in [3.63, 3.8) is 0 Å². The molecule has 0 aliphatic heterocycles. The van der Waals surface area contributed by atoms with Crippen LogP contribution in [0, 0.1) is 0 Å². The summed E-state index contributed by atoms with van der Waals surface area (Å²) in [4.78, 5) is 14.1. The SMILES string of the molecule is CCCN(CCC)C(=O)Cc1cccc(OC)c1. The van der Waals surface area contributed by atoms with Crippen LogP contribution in [0.25, 0.3) is 0 Å². The third kappa shape index (κ3) is 4.40. The summed E-state index contributed by atoms with van der Waals surface area (Å²) in [5, 5.41) is 0. The van der Waals surface area contributed by atoms with Crippen molar-refractivity contribution in [1.29, 1.82) is 0 Å². The summed E-state index contributed by atoms with van der Waals surface area (Å²) in [6.45, 7) is 5.89. The van der Waals surface area contributed by atoms with E-state index in [0.717, 1.165) is 37.2 Å². The lowest BCUT2D eigenvalue weighted by Gasteiger charge is -2.21. The largest absolute Gasteiger partial charge is 0.497 e. The molecule has 0 aliphatic carbocycles. The van der Waals surface area contributed by atoms with Crippen LogP contribution in [-0.4, -0.2) is 31.0 Å². The molecule has 0 N–H and O–H groups in total. The van der Waals surface area contributed by atoms with Crippen LogP contribution in [0.5, 0.6) is 5.75 Å². The fraction of sp³-hybridized carbons (Fsp3) is 0.533. The second-order valence-electron chi connectivity index (χ2n) is 4.41. The van der Waals surface area contributed by atoms with Gasteiger partial charge in [0.1, 0.15) is 5.75 Å². The van der Waals surface area contributed by atoms with E-state index in [1.165, 1.54) is 0 Å². The van der Waals surface area contributed by atoms with Crippen LogP contribution in [0.3, 0.4) is 0 Å². The third-order valence-corrected chi connectivity index (χ3v) is 2.83. The van der Waals surface area contributed by atoms with Gasteiger partial charge in [-0.1, -0.05) is 26.0 Å². The van der Waals surface area contributed by atoms with Crippen molar-refractivity contribution in [3.8, 4) is 5.75 Å². The summed E-state index contributed by atoms with van der Waals surface area (Å²) in [6.07, 6.45) is 2.46. The quantitative estimate of drug-likeness (QED) is 0.743. The zero-order valence-corrected chi connectivity index (χ0v) is 11.6. The lowest BCUT2D eigenvalue weighted by molar-refractivity contribution is -0.130. The van der Waals surface area contributed by atoms with Gasteiger partial charge in [0.2, 0.25) is 5.91 Å². The van der Waals surface area contributed by atoms with Crippen LogP contribution >= 0.6 is 0 Å². The van der Waals surface area contributed by atoms with E-state index in [-0.39, 0.29) is 5.91 Å². The van der Waals surface area contributed by atoms with Crippen LogP contribution in [0.2, 0.25) is 0 Å². The molecule has 0 fully saturated rings. The summed E-state index contributed by atoms with van der Waals surface area (Å²) in [7, 11) is 1.64. The number of hydrogen-bond donors (Lipinski definition) is 0. The van der Waals surface area contributed by atoms with Gasteiger partial charge < -0.3 is 9.64 Å². The molecule has 0 aromatic heterocycles. The normalized spacial score (nSPS) is 10.2. The molecule has 0 bridgehead atoms. The maximum Gasteiger partial charge on any atom is 0.226 e.